The summed E-state index contributed by atoms with van der Waals surface area (Å²) >= 11 is 0. The Kier molecular flexibility index (Phi) is 8.95. The fourth-order valence-corrected chi connectivity index (χ4v) is 1.16. The second-order valence-corrected chi connectivity index (χ2v) is 5.12. The van der Waals surface area contributed by atoms with E-state index in [1.54, 1.807) is 13.8 Å². The van der Waals surface area contributed by atoms with E-state index in [0.717, 1.165) is 25.9 Å². The molecule has 0 heterocycles. The molecule has 0 fully saturated rings. The van der Waals surface area contributed by atoms with Crippen molar-refractivity contribution in [2.45, 2.75) is 40.0 Å². The van der Waals surface area contributed by atoms with Gasteiger partial charge in [-0.15, -0.1) is 0 Å². The minimum absolute atomic E-state index is 0.0984. The lowest BCUT2D eigenvalue weighted by Crippen LogP contribution is -2.43. The van der Waals surface area contributed by atoms with Crippen LogP contribution in [0.2, 0.25) is 0 Å². The zero-order valence-corrected chi connectivity index (χ0v) is 12.1. The van der Waals surface area contributed by atoms with Crippen LogP contribution in [0.25, 0.3) is 0 Å². The van der Waals surface area contributed by atoms with E-state index in [-0.39, 0.29) is 12.6 Å². The monoisotopic (exact) mass is 274 g/mol. The van der Waals surface area contributed by atoms with E-state index >= 15 is 0 Å². The third-order valence-corrected chi connectivity index (χ3v) is 2.66. The summed E-state index contributed by atoms with van der Waals surface area (Å²) in [7, 11) is 0. The van der Waals surface area contributed by atoms with Crippen molar-refractivity contribution in [3.63, 3.8) is 0 Å². The molecule has 0 rings (SSSR count). The molecule has 0 atom stereocenters. The first-order valence-corrected chi connectivity index (χ1v) is 6.73. The van der Waals surface area contributed by atoms with Gasteiger partial charge in [-0.1, -0.05) is 13.3 Å². The Morgan fingerprint density at radius 3 is 2.37 bits per heavy atom. The summed E-state index contributed by atoms with van der Waals surface area (Å²) in [5.41, 5.74) is -0.958. The van der Waals surface area contributed by atoms with Crippen LogP contribution >= 0.6 is 0 Å². The lowest BCUT2D eigenvalue weighted by molar-refractivity contribution is -0.146. The molecule has 2 amide bonds. The van der Waals surface area contributed by atoms with Gasteiger partial charge in [0.2, 0.25) is 0 Å². The van der Waals surface area contributed by atoms with Gasteiger partial charge >= 0.3 is 12.0 Å². The Morgan fingerprint density at radius 2 is 1.79 bits per heavy atom. The topological polar surface area (TPSA) is 87.7 Å². The molecule has 6 heteroatoms. The molecule has 0 aromatic carbocycles. The number of amides is 2. The summed E-state index contributed by atoms with van der Waals surface area (Å²) in [4.78, 5) is 22.2. The highest BCUT2D eigenvalue weighted by molar-refractivity contribution is 5.77. The van der Waals surface area contributed by atoms with E-state index in [9.17, 15) is 9.59 Å². The van der Waals surface area contributed by atoms with Gasteiger partial charge < -0.3 is 20.5 Å². The summed E-state index contributed by atoms with van der Waals surface area (Å²) in [5, 5.41) is 14.1. The van der Waals surface area contributed by atoms with Gasteiger partial charge in [-0.25, -0.2) is 4.79 Å². The first-order chi connectivity index (χ1) is 8.90. The van der Waals surface area contributed by atoms with Gasteiger partial charge in [0.25, 0.3) is 0 Å². The van der Waals surface area contributed by atoms with E-state index in [4.69, 9.17) is 9.84 Å². The number of unbranched alkanes of at least 4 members (excludes halogenated alkanes) is 1. The summed E-state index contributed by atoms with van der Waals surface area (Å²) < 4.78 is 5.35. The summed E-state index contributed by atoms with van der Waals surface area (Å²) in [6.07, 6.45) is 2.91. The average molecular weight is 274 g/mol. The van der Waals surface area contributed by atoms with Crippen LogP contribution < -0.4 is 10.6 Å². The van der Waals surface area contributed by atoms with Crippen LogP contribution in [-0.2, 0) is 9.53 Å². The Morgan fingerprint density at radius 1 is 1.16 bits per heavy atom. The Bertz CT molecular complexity index is 280. The third-order valence-electron chi connectivity index (χ3n) is 2.66. The van der Waals surface area contributed by atoms with Crippen molar-refractivity contribution in [3.05, 3.63) is 0 Å². The maximum absolute atomic E-state index is 11.4. The summed E-state index contributed by atoms with van der Waals surface area (Å²) in [6.45, 7) is 7.24. The molecule has 0 unspecified atom stereocenters. The maximum atomic E-state index is 11.4. The van der Waals surface area contributed by atoms with Gasteiger partial charge in [0.15, 0.2) is 0 Å². The maximum Gasteiger partial charge on any atom is 0.314 e. The van der Waals surface area contributed by atoms with E-state index in [1.165, 1.54) is 0 Å². The number of urea groups is 1. The minimum atomic E-state index is -0.958. The largest absolute Gasteiger partial charge is 0.481 e. The molecule has 0 aromatic rings. The number of carbonyl (C=O) groups is 2. The molecule has 0 radical (unpaired) electrons. The van der Waals surface area contributed by atoms with Crippen LogP contribution in [0.15, 0.2) is 0 Å². The molecule has 0 aliphatic carbocycles. The van der Waals surface area contributed by atoms with Crippen molar-refractivity contribution < 1.29 is 19.4 Å². The van der Waals surface area contributed by atoms with Crippen molar-refractivity contribution in [2.75, 3.05) is 26.3 Å². The van der Waals surface area contributed by atoms with Crippen molar-refractivity contribution in [1.82, 2.24) is 10.6 Å². The Balaban J connectivity index is 3.53. The van der Waals surface area contributed by atoms with E-state index in [1.807, 2.05) is 0 Å². The third kappa shape index (κ3) is 9.30. The number of carbonyl (C=O) groups excluding carboxylic acids is 1. The fraction of sp³-hybridized carbons (Fsp3) is 0.846. The van der Waals surface area contributed by atoms with Crippen LogP contribution in [0.3, 0.4) is 0 Å². The normalized spacial score (nSPS) is 11.1. The SMILES string of the molecule is CCCCOCCCNC(=O)NCC(C)(C)C(=O)O. The average Bonchev–Trinajstić information content (AvgIpc) is 2.35. The molecule has 0 bridgehead atoms. The molecule has 0 aromatic heterocycles. The van der Waals surface area contributed by atoms with Crippen LogP contribution in [-0.4, -0.2) is 43.4 Å². The Hall–Kier alpha value is -1.30. The first kappa shape index (κ1) is 17.7. The van der Waals surface area contributed by atoms with Crippen LogP contribution in [0, 0.1) is 5.41 Å². The number of rotatable bonds is 10. The minimum Gasteiger partial charge on any atom is -0.481 e. The van der Waals surface area contributed by atoms with Crippen LogP contribution in [0.4, 0.5) is 4.79 Å². The van der Waals surface area contributed by atoms with Gasteiger partial charge in [0.1, 0.15) is 0 Å². The molecule has 0 saturated heterocycles. The predicted molar refractivity (Wildman–Crippen MR) is 73.2 cm³/mol. The molecule has 19 heavy (non-hydrogen) atoms. The zero-order chi connectivity index (χ0) is 14.7. The molecular weight excluding hydrogens is 248 g/mol. The highest BCUT2D eigenvalue weighted by Gasteiger charge is 2.27. The van der Waals surface area contributed by atoms with Crippen LogP contribution in [0.5, 0.6) is 0 Å². The lowest BCUT2D eigenvalue weighted by Gasteiger charge is -2.19. The molecule has 6 nitrogen and oxygen atoms in total. The smallest absolute Gasteiger partial charge is 0.314 e. The van der Waals surface area contributed by atoms with Gasteiger partial charge in [-0.3, -0.25) is 4.79 Å². The van der Waals surface area contributed by atoms with Gasteiger partial charge in [-0.2, -0.15) is 0 Å². The molecule has 3 N–H and O–H groups in total. The number of carboxylic acid groups (broad SMARTS) is 1. The van der Waals surface area contributed by atoms with E-state index in [0.29, 0.717) is 13.2 Å². The highest BCUT2D eigenvalue weighted by Crippen LogP contribution is 2.12. The molecule has 0 saturated carbocycles. The number of aliphatic carboxylic acids is 1. The number of carboxylic acids is 1. The second kappa shape index (κ2) is 9.61. The van der Waals surface area contributed by atoms with Gasteiger partial charge in [-0.05, 0) is 26.7 Å². The molecule has 0 aliphatic rings. The second-order valence-electron chi connectivity index (χ2n) is 5.12. The van der Waals surface area contributed by atoms with Crippen molar-refractivity contribution >= 4 is 12.0 Å². The number of hydrogen-bond donors (Lipinski definition) is 3. The first-order valence-electron chi connectivity index (χ1n) is 6.73. The van der Waals surface area contributed by atoms with E-state index in [2.05, 4.69) is 17.6 Å². The van der Waals surface area contributed by atoms with E-state index < -0.39 is 11.4 Å². The molecule has 112 valence electrons. The lowest BCUT2D eigenvalue weighted by atomic mass is 9.94. The number of ether oxygens (including phenoxy) is 1. The zero-order valence-electron chi connectivity index (χ0n) is 12.1. The standard InChI is InChI=1S/C13H26N2O4/c1-4-5-8-19-9-6-7-14-12(18)15-10-13(2,3)11(16)17/h4-10H2,1-3H3,(H,16,17)(H2,14,15,18). The van der Waals surface area contributed by atoms with Gasteiger partial charge in [0, 0.05) is 26.3 Å². The van der Waals surface area contributed by atoms with Crippen molar-refractivity contribution in [2.24, 2.45) is 5.41 Å². The van der Waals surface area contributed by atoms with Crippen molar-refractivity contribution in [3.8, 4) is 0 Å². The van der Waals surface area contributed by atoms with Crippen LogP contribution in [0.1, 0.15) is 40.0 Å². The molecule has 0 spiro atoms. The molecular formula is C13H26N2O4. The highest BCUT2D eigenvalue weighted by atomic mass is 16.5. The van der Waals surface area contributed by atoms with Gasteiger partial charge in [0.05, 0.1) is 5.41 Å². The quantitative estimate of drug-likeness (QED) is 0.528. The summed E-state index contributed by atoms with van der Waals surface area (Å²) in [5.74, 6) is -0.933. The number of hydrogen-bond acceptors (Lipinski definition) is 3. The predicted octanol–water partition coefficient (Wildman–Crippen LogP) is 1.60. The summed E-state index contributed by atoms with van der Waals surface area (Å²) in [6, 6.07) is -0.345. The van der Waals surface area contributed by atoms with Crippen molar-refractivity contribution in [1.29, 1.82) is 0 Å². The molecule has 0 aliphatic heterocycles. The Labute approximate surface area is 114 Å². The number of nitrogens with one attached hydrogen (secondary N) is 2. The fourth-order valence-electron chi connectivity index (χ4n) is 1.16.